The second-order valence-corrected chi connectivity index (χ2v) is 3.27. The molecule has 0 amide bonds. The van der Waals surface area contributed by atoms with E-state index in [-0.39, 0.29) is 7.43 Å². The molecule has 0 bridgehead atoms. The minimum Gasteiger partial charge on any atom is -0.255 e. The van der Waals surface area contributed by atoms with E-state index in [2.05, 4.69) is 44.7 Å². The lowest BCUT2D eigenvalue weighted by Crippen LogP contribution is -1.87. The lowest BCUT2D eigenvalue weighted by atomic mass is 9.98. The topological polar surface area (TPSA) is 0 Å². The van der Waals surface area contributed by atoms with Crippen molar-refractivity contribution in [3.05, 3.63) is 53.6 Å². The van der Waals surface area contributed by atoms with Crippen LogP contribution >= 0.6 is 0 Å². The number of alkyl halides is 1. The van der Waals surface area contributed by atoms with Gasteiger partial charge in [-0.1, -0.05) is 63.8 Å². The zero-order valence-electron chi connectivity index (χ0n) is 12.0. The molecule has 0 saturated carbocycles. The summed E-state index contributed by atoms with van der Waals surface area (Å²) in [5.41, 5.74) is 5.10. The van der Waals surface area contributed by atoms with Gasteiger partial charge < -0.3 is 0 Å². The van der Waals surface area contributed by atoms with Gasteiger partial charge in [-0.15, -0.1) is 0 Å². The molecule has 0 spiro atoms. The van der Waals surface area contributed by atoms with Crippen molar-refractivity contribution >= 4 is 5.57 Å². The molecule has 0 unspecified atom stereocenters. The number of halogens is 1. The number of rotatable bonds is 2. The van der Waals surface area contributed by atoms with Crippen LogP contribution in [0.25, 0.3) is 5.57 Å². The van der Waals surface area contributed by atoms with Gasteiger partial charge in [-0.3, -0.25) is 4.39 Å². The average Bonchev–Trinajstić information content (AvgIpc) is 2.40. The lowest BCUT2D eigenvalue weighted by Gasteiger charge is -2.07. The summed E-state index contributed by atoms with van der Waals surface area (Å²) in [6.07, 6.45) is 4.00. The largest absolute Gasteiger partial charge is 0.255 e. The molecule has 104 valence electrons. The molecule has 0 saturated heterocycles. The van der Waals surface area contributed by atoms with E-state index in [9.17, 15) is 4.39 Å². The summed E-state index contributed by atoms with van der Waals surface area (Å²) in [7, 11) is 0.500. The maximum absolute atomic E-state index is 9.50. The van der Waals surface area contributed by atoms with Crippen LogP contribution in [0.15, 0.2) is 36.9 Å². The zero-order chi connectivity index (χ0) is 13.8. The van der Waals surface area contributed by atoms with Crippen LogP contribution in [0.5, 0.6) is 0 Å². The minimum atomic E-state index is 0. The van der Waals surface area contributed by atoms with Gasteiger partial charge in [0.2, 0.25) is 0 Å². The third-order valence-electron chi connectivity index (χ3n) is 2.23. The Morgan fingerprint density at radius 1 is 1.17 bits per heavy atom. The zero-order valence-corrected chi connectivity index (χ0v) is 12.0. The molecular formula is C17H29F. The van der Waals surface area contributed by atoms with E-state index >= 15 is 0 Å². The van der Waals surface area contributed by atoms with Crippen LogP contribution in [0, 0.1) is 13.8 Å². The van der Waals surface area contributed by atoms with Gasteiger partial charge in [0.05, 0.1) is 7.18 Å². The molecule has 0 fully saturated rings. The van der Waals surface area contributed by atoms with E-state index in [1.165, 1.54) is 22.3 Å². The Morgan fingerprint density at radius 2 is 1.67 bits per heavy atom. The Bertz CT molecular complexity index is 349. The molecule has 0 radical (unpaired) electrons. The van der Waals surface area contributed by atoms with Crippen LogP contribution in [0.4, 0.5) is 4.39 Å². The Kier molecular flexibility index (Phi) is 16.6. The van der Waals surface area contributed by atoms with Crippen LogP contribution in [-0.4, -0.2) is 7.18 Å². The third kappa shape index (κ3) is 7.05. The van der Waals surface area contributed by atoms with Gasteiger partial charge in [-0.05, 0) is 37.5 Å². The predicted molar refractivity (Wildman–Crippen MR) is 84.9 cm³/mol. The van der Waals surface area contributed by atoms with Crippen LogP contribution in [0.3, 0.4) is 0 Å². The molecule has 0 aliphatic heterocycles. The van der Waals surface area contributed by atoms with Crippen molar-refractivity contribution in [2.24, 2.45) is 0 Å². The molecule has 1 aromatic carbocycles. The average molecular weight is 252 g/mol. The van der Waals surface area contributed by atoms with Crippen LogP contribution < -0.4 is 0 Å². The molecule has 0 heterocycles. The first kappa shape index (κ1) is 21.9. The monoisotopic (exact) mass is 252 g/mol. The quantitative estimate of drug-likeness (QED) is 0.554. The Hall–Kier alpha value is -1.37. The molecule has 0 atom stereocenters. The highest BCUT2D eigenvalue weighted by Crippen LogP contribution is 2.20. The van der Waals surface area contributed by atoms with E-state index < -0.39 is 0 Å². The molecule has 0 aliphatic carbocycles. The smallest absolute Gasteiger partial charge is 0.0785 e. The summed E-state index contributed by atoms with van der Waals surface area (Å²) >= 11 is 0. The van der Waals surface area contributed by atoms with E-state index in [0.717, 1.165) is 0 Å². The van der Waals surface area contributed by atoms with E-state index in [1.807, 2.05) is 26.8 Å². The highest BCUT2D eigenvalue weighted by molar-refractivity contribution is 5.75. The molecule has 0 aromatic heterocycles. The van der Waals surface area contributed by atoms with Gasteiger partial charge in [0.25, 0.3) is 0 Å². The summed E-state index contributed by atoms with van der Waals surface area (Å²) in [6.45, 7) is 14.1. The number of hydrogen-bond donors (Lipinski definition) is 0. The number of benzene rings is 1. The number of hydrogen-bond acceptors (Lipinski definition) is 0. The van der Waals surface area contributed by atoms with Crippen molar-refractivity contribution in [3.63, 3.8) is 0 Å². The number of allylic oxidation sites excluding steroid dienone is 3. The first-order chi connectivity index (χ1) is 8.19. The van der Waals surface area contributed by atoms with E-state index in [4.69, 9.17) is 0 Å². The molecule has 1 heteroatoms. The molecule has 1 rings (SSSR count). The Morgan fingerprint density at radius 3 is 2.06 bits per heavy atom. The summed E-state index contributed by atoms with van der Waals surface area (Å²) in [5.74, 6) is 0. The standard InChI is InChI=1S/C13H16.C2H6.CH3F.CH4/c1-5-12(6-2)13-9-10(3)7-8-11(13)4;2*1-2;/h5-9H,1H2,2-4H3;1-2H3;1H3;1H4/b12-6+;;;. The lowest BCUT2D eigenvalue weighted by molar-refractivity contribution is 0.636. The van der Waals surface area contributed by atoms with Crippen LogP contribution in [-0.2, 0) is 0 Å². The predicted octanol–water partition coefficient (Wildman–Crippen LogP) is 6.14. The SMILES string of the molecule is C.C=C/C(=C\C)c1cc(C)ccc1C.CC.CF. The fraction of sp³-hybridized carbons (Fsp3) is 0.412. The van der Waals surface area contributed by atoms with Gasteiger partial charge in [0, 0.05) is 0 Å². The summed E-state index contributed by atoms with van der Waals surface area (Å²) in [4.78, 5) is 0. The first-order valence-electron chi connectivity index (χ1n) is 5.93. The van der Waals surface area contributed by atoms with Crippen molar-refractivity contribution in [1.29, 1.82) is 0 Å². The molecular weight excluding hydrogens is 223 g/mol. The van der Waals surface area contributed by atoms with Crippen molar-refractivity contribution in [2.75, 3.05) is 7.18 Å². The fourth-order valence-electron chi connectivity index (χ4n) is 1.43. The molecule has 0 N–H and O–H groups in total. The summed E-state index contributed by atoms with van der Waals surface area (Å²) in [5, 5.41) is 0. The fourth-order valence-corrected chi connectivity index (χ4v) is 1.43. The highest BCUT2D eigenvalue weighted by atomic mass is 19.1. The highest BCUT2D eigenvalue weighted by Gasteiger charge is 2.00. The second-order valence-electron chi connectivity index (χ2n) is 3.27. The molecule has 1 aromatic rings. The normalized spacial score (nSPS) is 8.94. The molecule has 0 aliphatic rings. The maximum atomic E-state index is 9.50. The van der Waals surface area contributed by atoms with Gasteiger partial charge in [0.1, 0.15) is 0 Å². The molecule has 18 heavy (non-hydrogen) atoms. The van der Waals surface area contributed by atoms with Crippen molar-refractivity contribution in [3.8, 4) is 0 Å². The third-order valence-corrected chi connectivity index (χ3v) is 2.23. The second kappa shape index (κ2) is 13.7. The maximum Gasteiger partial charge on any atom is 0.0785 e. The van der Waals surface area contributed by atoms with Gasteiger partial charge in [-0.25, -0.2) is 0 Å². The van der Waals surface area contributed by atoms with Crippen LogP contribution in [0.1, 0.15) is 44.9 Å². The summed E-state index contributed by atoms with van der Waals surface area (Å²) in [6, 6.07) is 6.49. The number of aryl methyl sites for hydroxylation is 2. The van der Waals surface area contributed by atoms with Crippen LogP contribution in [0.2, 0.25) is 0 Å². The van der Waals surface area contributed by atoms with Crippen molar-refractivity contribution in [1.82, 2.24) is 0 Å². The van der Waals surface area contributed by atoms with Gasteiger partial charge in [0.15, 0.2) is 0 Å². The van der Waals surface area contributed by atoms with Crippen molar-refractivity contribution < 1.29 is 4.39 Å². The summed E-state index contributed by atoms with van der Waals surface area (Å²) < 4.78 is 9.50. The first-order valence-corrected chi connectivity index (χ1v) is 5.93. The van der Waals surface area contributed by atoms with Gasteiger partial charge in [-0.2, -0.15) is 0 Å². The van der Waals surface area contributed by atoms with E-state index in [0.29, 0.717) is 7.18 Å². The Balaban J connectivity index is -0.000000409. The molecule has 0 nitrogen and oxygen atoms in total. The minimum absolute atomic E-state index is 0. The van der Waals surface area contributed by atoms with E-state index in [1.54, 1.807) is 0 Å². The Labute approximate surface area is 113 Å². The van der Waals surface area contributed by atoms with Crippen molar-refractivity contribution in [2.45, 2.75) is 42.0 Å². The van der Waals surface area contributed by atoms with Gasteiger partial charge >= 0.3 is 0 Å².